The molecule has 9 aromatic carbocycles. The van der Waals surface area contributed by atoms with Crippen molar-refractivity contribution >= 4 is 116 Å². The molecule has 14 rings (SSSR count). The lowest BCUT2D eigenvalue weighted by Crippen LogP contribution is -2.02. The summed E-state index contributed by atoms with van der Waals surface area (Å²) in [5.41, 5.74) is 8.53. The van der Waals surface area contributed by atoms with Crippen molar-refractivity contribution in [1.82, 2.24) is 19.5 Å². The lowest BCUT2D eigenvalue weighted by molar-refractivity contribution is 1.08. The number of hydrogen-bond donors (Lipinski definition) is 0. The fourth-order valence-corrected chi connectivity index (χ4v) is 13.3. The molecule has 0 atom stereocenters. The van der Waals surface area contributed by atoms with Crippen LogP contribution < -0.4 is 0 Å². The van der Waals surface area contributed by atoms with Gasteiger partial charge in [-0.25, -0.2) is 15.0 Å². The maximum atomic E-state index is 5.50. The standard InChI is InChI=1S/C57H32N4S3/c1-2-14-33(15-3-1)34-30-35(32-36(31-34)61-45-22-8-4-16-37(45)39-28-29-40-38-17-5-9-23-46(38)64-54(40)53(39)61)55-58-56(43-20-12-26-49-51(43)41-18-6-10-24-47(41)62-49)60-57(59-55)44-21-13-27-50-52(44)42-19-7-11-25-48(42)63-50/h1-32H. The van der Waals surface area contributed by atoms with Crippen LogP contribution >= 0.6 is 34.0 Å². The summed E-state index contributed by atoms with van der Waals surface area (Å²) in [5, 5.41) is 9.77. The highest BCUT2D eigenvalue weighted by atomic mass is 32.1. The van der Waals surface area contributed by atoms with E-state index in [1.54, 1.807) is 0 Å². The van der Waals surface area contributed by atoms with Crippen molar-refractivity contribution in [2.45, 2.75) is 0 Å². The minimum atomic E-state index is 0.625. The first-order valence-electron chi connectivity index (χ1n) is 21.3. The third-order valence-corrected chi connectivity index (χ3v) is 16.1. The summed E-state index contributed by atoms with van der Waals surface area (Å²) in [5.74, 6) is 1.93. The SMILES string of the molecule is c1ccc(-c2cc(-c3nc(-c4cccc5sc6ccccc6c45)nc(-c4cccc5sc6ccccc6c45)n3)cc(-n3c4ccccc4c4ccc5c6ccccc6sc5c43)c2)cc1. The van der Waals surface area contributed by atoms with E-state index in [4.69, 9.17) is 15.0 Å². The zero-order valence-electron chi connectivity index (χ0n) is 34.0. The second-order valence-corrected chi connectivity index (χ2v) is 19.5. The van der Waals surface area contributed by atoms with Gasteiger partial charge in [-0.05, 0) is 65.7 Å². The molecule has 5 aromatic heterocycles. The smallest absolute Gasteiger partial charge is 0.164 e. The molecular formula is C57H32N4S3. The van der Waals surface area contributed by atoms with Crippen LogP contribution in [0.3, 0.4) is 0 Å². The number of thiophene rings is 3. The zero-order valence-corrected chi connectivity index (χ0v) is 36.4. The minimum Gasteiger partial charge on any atom is -0.308 e. The molecule has 64 heavy (non-hydrogen) atoms. The lowest BCUT2D eigenvalue weighted by Gasteiger charge is -2.15. The minimum absolute atomic E-state index is 0.625. The summed E-state index contributed by atoms with van der Waals surface area (Å²) < 4.78 is 9.94. The first-order valence-corrected chi connectivity index (χ1v) is 23.8. The van der Waals surface area contributed by atoms with Crippen molar-refractivity contribution in [2.24, 2.45) is 0 Å². The second-order valence-electron chi connectivity index (χ2n) is 16.3. The van der Waals surface area contributed by atoms with Gasteiger partial charge in [0.15, 0.2) is 17.5 Å². The van der Waals surface area contributed by atoms with Gasteiger partial charge in [0.2, 0.25) is 0 Å². The number of nitrogens with zero attached hydrogens (tertiary/aromatic N) is 4. The van der Waals surface area contributed by atoms with Gasteiger partial charge in [0.1, 0.15) is 0 Å². The Morgan fingerprint density at radius 1 is 0.328 bits per heavy atom. The fraction of sp³-hybridized carbons (Fsp3) is 0. The largest absolute Gasteiger partial charge is 0.308 e. The quantitative estimate of drug-likeness (QED) is 0.173. The molecule has 0 amide bonds. The van der Waals surface area contributed by atoms with Crippen LogP contribution in [0.25, 0.3) is 133 Å². The topological polar surface area (TPSA) is 43.6 Å². The zero-order chi connectivity index (χ0) is 41.9. The third kappa shape index (κ3) is 5.42. The normalized spacial score (nSPS) is 12.1. The van der Waals surface area contributed by atoms with E-state index in [0.717, 1.165) is 39.0 Å². The highest BCUT2D eigenvalue weighted by Gasteiger charge is 2.22. The van der Waals surface area contributed by atoms with Crippen LogP contribution in [-0.2, 0) is 0 Å². The number of hydrogen-bond acceptors (Lipinski definition) is 6. The molecule has 0 radical (unpaired) electrons. The average Bonchev–Trinajstić information content (AvgIpc) is 4.13. The molecule has 0 saturated heterocycles. The number of fused-ring (bicyclic) bond motifs is 13. The van der Waals surface area contributed by atoms with Crippen molar-refractivity contribution in [3.05, 3.63) is 194 Å². The summed E-state index contributed by atoms with van der Waals surface area (Å²) in [6.45, 7) is 0. The molecule has 0 spiro atoms. The Labute approximate surface area is 378 Å². The van der Waals surface area contributed by atoms with Crippen LogP contribution in [-0.4, -0.2) is 19.5 Å². The molecule has 0 unspecified atom stereocenters. The molecular weight excluding hydrogens is 837 g/mol. The van der Waals surface area contributed by atoms with Crippen molar-refractivity contribution in [2.75, 3.05) is 0 Å². The molecule has 5 heterocycles. The Balaban J connectivity index is 1.09. The van der Waals surface area contributed by atoms with Gasteiger partial charge in [-0.3, -0.25) is 0 Å². The first-order chi connectivity index (χ1) is 31.7. The van der Waals surface area contributed by atoms with E-state index in [-0.39, 0.29) is 0 Å². The summed E-state index contributed by atoms with van der Waals surface area (Å²) in [6.07, 6.45) is 0. The number of rotatable bonds is 5. The number of para-hydroxylation sites is 1. The van der Waals surface area contributed by atoms with Crippen LogP contribution in [0.15, 0.2) is 194 Å². The van der Waals surface area contributed by atoms with Crippen molar-refractivity contribution in [3.8, 4) is 51.0 Å². The fourth-order valence-electron chi connectivity index (χ4n) is 9.83. The molecule has 7 heteroatoms. The van der Waals surface area contributed by atoms with Gasteiger partial charge in [0, 0.05) is 89.0 Å². The molecule has 0 aliphatic rings. The van der Waals surface area contributed by atoms with Crippen LogP contribution in [0.2, 0.25) is 0 Å². The Morgan fingerprint density at radius 3 is 1.52 bits per heavy atom. The van der Waals surface area contributed by atoms with Crippen LogP contribution in [0.4, 0.5) is 0 Å². The summed E-state index contributed by atoms with van der Waals surface area (Å²) >= 11 is 5.48. The van der Waals surface area contributed by atoms with Crippen molar-refractivity contribution in [1.29, 1.82) is 0 Å². The van der Waals surface area contributed by atoms with Gasteiger partial charge in [0.05, 0.1) is 15.7 Å². The van der Waals surface area contributed by atoms with E-state index < -0.39 is 0 Å². The highest BCUT2D eigenvalue weighted by molar-refractivity contribution is 7.27. The molecule has 298 valence electrons. The Kier molecular flexibility index (Phi) is 7.86. The molecule has 0 aliphatic carbocycles. The summed E-state index contributed by atoms with van der Waals surface area (Å²) in [4.78, 5) is 16.5. The van der Waals surface area contributed by atoms with Gasteiger partial charge < -0.3 is 4.57 Å². The molecule has 0 N–H and O–H groups in total. The van der Waals surface area contributed by atoms with E-state index in [0.29, 0.717) is 17.5 Å². The van der Waals surface area contributed by atoms with Crippen LogP contribution in [0.1, 0.15) is 0 Å². The van der Waals surface area contributed by atoms with Gasteiger partial charge in [-0.1, -0.05) is 140 Å². The monoisotopic (exact) mass is 868 g/mol. The van der Waals surface area contributed by atoms with E-state index in [2.05, 4.69) is 199 Å². The third-order valence-electron chi connectivity index (χ3n) is 12.6. The van der Waals surface area contributed by atoms with Crippen LogP contribution in [0.5, 0.6) is 0 Å². The lowest BCUT2D eigenvalue weighted by atomic mass is 10.0. The maximum Gasteiger partial charge on any atom is 0.164 e. The van der Waals surface area contributed by atoms with Gasteiger partial charge in [-0.2, -0.15) is 0 Å². The van der Waals surface area contributed by atoms with E-state index in [1.165, 1.54) is 76.8 Å². The van der Waals surface area contributed by atoms with Crippen molar-refractivity contribution < 1.29 is 0 Å². The summed E-state index contributed by atoms with van der Waals surface area (Å²) in [6, 6.07) is 70.1. The van der Waals surface area contributed by atoms with E-state index in [9.17, 15) is 0 Å². The molecule has 0 bridgehead atoms. The predicted octanol–water partition coefficient (Wildman–Crippen LogP) is 16.7. The molecule has 4 nitrogen and oxygen atoms in total. The van der Waals surface area contributed by atoms with Gasteiger partial charge in [-0.15, -0.1) is 34.0 Å². The molecule has 0 aliphatic heterocycles. The highest BCUT2D eigenvalue weighted by Crippen LogP contribution is 2.45. The average molecular weight is 869 g/mol. The Bertz CT molecular complexity index is 4080. The van der Waals surface area contributed by atoms with Gasteiger partial charge in [0.25, 0.3) is 0 Å². The Morgan fingerprint density at radius 2 is 0.844 bits per heavy atom. The Hall–Kier alpha value is -7.55. The van der Waals surface area contributed by atoms with E-state index >= 15 is 0 Å². The molecule has 14 aromatic rings. The number of aromatic nitrogens is 4. The first kappa shape index (κ1) is 36.0. The predicted molar refractivity (Wildman–Crippen MR) is 275 cm³/mol. The summed E-state index contributed by atoms with van der Waals surface area (Å²) in [7, 11) is 0. The van der Waals surface area contributed by atoms with Gasteiger partial charge >= 0.3 is 0 Å². The molecule has 0 saturated carbocycles. The van der Waals surface area contributed by atoms with E-state index in [1.807, 2.05) is 34.0 Å². The van der Waals surface area contributed by atoms with Crippen LogP contribution in [0, 0.1) is 0 Å². The second kappa shape index (κ2) is 14.0. The maximum absolute atomic E-state index is 5.50. The molecule has 0 fully saturated rings. The van der Waals surface area contributed by atoms with Crippen molar-refractivity contribution in [3.63, 3.8) is 0 Å². The number of benzene rings is 9.